The molecule has 1 rings (SSSR count). The van der Waals surface area contributed by atoms with Crippen molar-refractivity contribution in [2.75, 3.05) is 0 Å². The molecule has 0 bridgehead atoms. The van der Waals surface area contributed by atoms with Crippen molar-refractivity contribution in [3.63, 3.8) is 0 Å². The highest BCUT2D eigenvalue weighted by molar-refractivity contribution is 5.81. The maximum Gasteiger partial charge on any atom is 0.146 e. The number of benzene rings is 1. The Bertz CT molecular complexity index is 293. The Balaban J connectivity index is 0.000000921. The standard InChI is InChI=1S/C10H13NO2.C2H6/c1-7(12)10(11)6-8-2-4-9(13)5-3-8;1-2/h2-5,10,13H,6,11H2,1H3;1-2H3. The van der Waals surface area contributed by atoms with Gasteiger partial charge in [-0.25, -0.2) is 0 Å². The summed E-state index contributed by atoms with van der Waals surface area (Å²) in [5.74, 6) is 0.202. The maximum absolute atomic E-state index is 10.8. The first-order valence-electron chi connectivity index (χ1n) is 5.13. The fourth-order valence-corrected chi connectivity index (χ4v) is 1.03. The number of hydrogen-bond acceptors (Lipinski definition) is 3. The van der Waals surface area contributed by atoms with Crippen molar-refractivity contribution in [1.82, 2.24) is 0 Å². The number of aromatic hydroxyl groups is 1. The first kappa shape index (κ1) is 13.7. The van der Waals surface area contributed by atoms with E-state index in [0.717, 1.165) is 5.56 Å². The lowest BCUT2D eigenvalue weighted by molar-refractivity contribution is -0.118. The van der Waals surface area contributed by atoms with Gasteiger partial charge in [0, 0.05) is 0 Å². The van der Waals surface area contributed by atoms with Crippen molar-refractivity contribution in [3.8, 4) is 5.75 Å². The molecule has 15 heavy (non-hydrogen) atoms. The van der Waals surface area contributed by atoms with Gasteiger partial charge in [-0.2, -0.15) is 0 Å². The van der Waals surface area contributed by atoms with Crippen LogP contribution in [0.3, 0.4) is 0 Å². The third kappa shape index (κ3) is 5.18. The molecule has 0 saturated carbocycles. The summed E-state index contributed by atoms with van der Waals surface area (Å²) in [5, 5.41) is 9.00. The van der Waals surface area contributed by atoms with E-state index in [2.05, 4.69) is 0 Å². The molecule has 0 spiro atoms. The van der Waals surface area contributed by atoms with Crippen molar-refractivity contribution in [2.24, 2.45) is 5.73 Å². The van der Waals surface area contributed by atoms with Crippen LogP contribution in [0, 0.1) is 0 Å². The first-order chi connectivity index (χ1) is 7.09. The van der Waals surface area contributed by atoms with E-state index in [4.69, 9.17) is 10.8 Å². The van der Waals surface area contributed by atoms with E-state index in [1.54, 1.807) is 24.3 Å². The Kier molecular flexibility index (Phi) is 6.38. The van der Waals surface area contributed by atoms with Gasteiger partial charge >= 0.3 is 0 Å². The van der Waals surface area contributed by atoms with Crippen LogP contribution in [-0.4, -0.2) is 16.9 Å². The van der Waals surface area contributed by atoms with Gasteiger partial charge in [0.1, 0.15) is 11.5 Å². The van der Waals surface area contributed by atoms with Crippen LogP contribution in [0.25, 0.3) is 0 Å². The second kappa shape index (κ2) is 7.01. The Hall–Kier alpha value is -1.35. The highest BCUT2D eigenvalue weighted by atomic mass is 16.3. The molecule has 1 aromatic rings. The zero-order valence-electron chi connectivity index (χ0n) is 9.53. The van der Waals surface area contributed by atoms with Gasteiger partial charge in [0.25, 0.3) is 0 Å². The number of phenolic OH excluding ortho intramolecular Hbond substituents is 1. The second-order valence-electron chi connectivity index (χ2n) is 3.09. The number of Topliss-reactive ketones (excluding diaryl/α,β-unsaturated/α-hetero) is 1. The summed E-state index contributed by atoms with van der Waals surface area (Å²) in [7, 11) is 0. The molecular weight excluding hydrogens is 190 g/mol. The van der Waals surface area contributed by atoms with E-state index < -0.39 is 6.04 Å². The topological polar surface area (TPSA) is 63.3 Å². The predicted octanol–water partition coefficient (Wildman–Crippen LogP) is 1.88. The van der Waals surface area contributed by atoms with E-state index in [9.17, 15) is 4.79 Å². The van der Waals surface area contributed by atoms with Crippen molar-refractivity contribution in [1.29, 1.82) is 0 Å². The van der Waals surface area contributed by atoms with Crippen LogP contribution in [0.4, 0.5) is 0 Å². The molecule has 0 saturated heterocycles. The lowest BCUT2D eigenvalue weighted by Gasteiger charge is -2.07. The summed E-state index contributed by atoms with van der Waals surface area (Å²) in [6, 6.07) is 6.25. The average molecular weight is 209 g/mol. The van der Waals surface area contributed by atoms with E-state index in [1.165, 1.54) is 6.92 Å². The Morgan fingerprint density at radius 1 is 1.33 bits per heavy atom. The predicted molar refractivity (Wildman–Crippen MR) is 61.8 cm³/mol. The third-order valence-corrected chi connectivity index (χ3v) is 1.91. The minimum atomic E-state index is -0.440. The fourth-order valence-electron chi connectivity index (χ4n) is 1.03. The minimum absolute atomic E-state index is 0.0203. The molecule has 1 aromatic carbocycles. The molecule has 0 fully saturated rings. The van der Waals surface area contributed by atoms with Crippen LogP contribution in [0.15, 0.2) is 24.3 Å². The van der Waals surface area contributed by atoms with E-state index >= 15 is 0 Å². The van der Waals surface area contributed by atoms with Crippen molar-refractivity contribution >= 4 is 5.78 Å². The maximum atomic E-state index is 10.8. The molecule has 3 nitrogen and oxygen atoms in total. The highest BCUT2D eigenvalue weighted by Crippen LogP contribution is 2.10. The van der Waals surface area contributed by atoms with Crippen molar-refractivity contribution < 1.29 is 9.90 Å². The molecule has 0 aliphatic carbocycles. The molecule has 3 N–H and O–H groups in total. The van der Waals surface area contributed by atoms with Gasteiger partial charge in [-0.3, -0.25) is 4.79 Å². The van der Waals surface area contributed by atoms with Crippen LogP contribution >= 0.6 is 0 Å². The lowest BCUT2D eigenvalue weighted by atomic mass is 10.0. The largest absolute Gasteiger partial charge is 0.508 e. The quantitative estimate of drug-likeness (QED) is 0.799. The first-order valence-corrected chi connectivity index (χ1v) is 5.13. The lowest BCUT2D eigenvalue weighted by Crippen LogP contribution is -2.30. The fraction of sp³-hybridized carbons (Fsp3) is 0.417. The SMILES string of the molecule is CC.CC(=O)C(N)Cc1ccc(O)cc1. The van der Waals surface area contributed by atoms with Crippen LogP contribution in [-0.2, 0) is 11.2 Å². The monoisotopic (exact) mass is 209 g/mol. The molecular formula is C12H19NO2. The van der Waals surface area contributed by atoms with Crippen LogP contribution in [0.2, 0.25) is 0 Å². The van der Waals surface area contributed by atoms with Crippen molar-refractivity contribution in [3.05, 3.63) is 29.8 Å². The third-order valence-electron chi connectivity index (χ3n) is 1.91. The van der Waals surface area contributed by atoms with E-state index in [0.29, 0.717) is 6.42 Å². The Morgan fingerprint density at radius 2 is 1.80 bits per heavy atom. The Labute approximate surface area is 90.9 Å². The van der Waals surface area contributed by atoms with Gasteiger partial charge in [-0.15, -0.1) is 0 Å². The number of ketones is 1. The zero-order valence-corrected chi connectivity index (χ0v) is 9.53. The molecule has 0 radical (unpaired) electrons. The molecule has 0 aromatic heterocycles. The van der Waals surface area contributed by atoms with Crippen molar-refractivity contribution in [2.45, 2.75) is 33.2 Å². The summed E-state index contributed by atoms with van der Waals surface area (Å²) >= 11 is 0. The highest BCUT2D eigenvalue weighted by Gasteiger charge is 2.08. The molecule has 1 atom stereocenters. The average Bonchev–Trinajstić information content (AvgIpc) is 2.24. The van der Waals surface area contributed by atoms with Crippen LogP contribution in [0.5, 0.6) is 5.75 Å². The normalized spacial score (nSPS) is 11.2. The van der Waals surface area contributed by atoms with Crippen LogP contribution in [0.1, 0.15) is 26.3 Å². The molecule has 0 heterocycles. The van der Waals surface area contributed by atoms with Gasteiger partial charge in [0.05, 0.1) is 6.04 Å². The summed E-state index contributed by atoms with van der Waals surface area (Å²) in [5.41, 5.74) is 6.53. The zero-order chi connectivity index (χ0) is 11.8. The van der Waals surface area contributed by atoms with Gasteiger partial charge in [-0.1, -0.05) is 26.0 Å². The number of hydrogen-bond donors (Lipinski definition) is 2. The molecule has 84 valence electrons. The van der Waals surface area contributed by atoms with Gasteiger partial charge in [0.2, 0.25) is 0 Å². The van der Waals surface area contributed by atoms with Gasteiger partial charge < -0.3 is 10.8 Å². The van der Waals surface area contributed by atoms with Gasteiger partial charge in [0.15, 0.2) is 0 Å². The van der Waals surface area contributed by atoms with E-state index in [1.807, 2.05) is 13.8 Å². The number of carbonyl (C=O) groups excluding carboxylic acids is 1. The van der Waals surface area contributed by atoms with Crippen LogP contribution < -0.4 is 5.73 Å². The molecule has 3 heteroatoms. The number of phenols is 1. The molecule has 1 unspecified atom stereocenters. The molecule has 0 amide bonds. The Morgan fingerprint density at radius 3 is 2.20 bits per heavy atom. The number of nitrogens with two attached hydrogens (primary N) is 1. The minimum Gasteiger partial charge on any atom is -0.508 e. The summed E-state index contributed by atoms with van der Waals surface area (Å²) in [4.78, 5) is 10.8. The smallest absolute Gasteiger partial charge is 0.146 e. The summed E-state index contributed by atoms with van der Waals surface area (Å²) in [6.45, 7) is 5.48. The van der Waals surface area contributed by atoms with Gasteiger partial charge in [-0.05, 0) is 31.0 Å². The number of carbonyl (C=O) groups is 1. The summed E-state index contributed by atoms with van der Waals surface area (Å²) in [6.07, 6.45) is 0.523. The molecule has 0 aliphatic heterocycles. The number of rotatable bonds is 3. The summed E-state index contributed by atoms with van der Waals surface area (Å²) < 4.78 is 0. The molecule has 0 aliphatic rings. The van der Waals surface area contributed by atoms with E-state index in [-0.39, 0.29) is 11.5 Å². The second-order valence-corrected chi connectivity index (χ2v) is 3.09.